The minimum absolute atomic E-state index is 0.982. The summed E-state index contributed by atoms with van der Waals surface area (Å²) in [4.78, 5) is 4.69. The zero-order valence-corrected chi connectivity index (χ0v) is 12.8. The zero-order valence-electron chi connectivity index (χ0n) is 12.8. The van der Waals surface area contributed by atoms with Crippen LogP contribution in [0.25, 0.3) is 28.5 Å². The summed E-state index contributed by atoms with van der Waals surface area (Å²) in [6, 6.07) is 20.9. The van der Waals surface area contributed by atoms with Gasteiger partial charge in [-0.05, 0) is 29.2 Å². The third-order valence-corrected chi connectivity index (χ3v) is 3.91. The minimum atomic E-state index is 0.982. The van der Waals surface area contributed by atoms with Crippen LogP contribution in [-0.4, -0.2) is 4.98 Å². The molecule has 3 aromatic rings. The molecule has 0 saturated heterocycles. The van der Waals surface area contributed by atoms with Crippen LogP contribution in [0.15, 0.2) is 73.4 Å². The molecule has 0 aliphatic rings. The average molecular weight is 285 g/mol. The maximum atomic E-state index is 4.69. The fourth-order valence-corrected chi connectivity index (χ4v) is 2.72. The Bertz CT molecular complexity index is 788. The summed E-state index contributed by atoms with van der Waals surface area (Å²) in [5, 5.41) is 0. The van der Waals surface area contributed by atoms with E-state index in [1.807, 2.05) is 30.5 Å². The average Bonchev–Trinajstić information content (AvgIpc) is 2.62. The van der Waals surface area contributed by atoms with E-state index in [0.717, 1.165) is 23.2 Å². The molecular formula is C21H19N. The van der Waals surface area contributed by atoms with Gasteiger partial charge in [-0.2, -0.15) is 0 Å². The number of benzene rings is 2. The number of hydrogen-bond acceptors (Lipinski definition) is 1. The highest BCUT2D eigenvalue weighted by Gasteiger charge is 2.09. The maximum Gasteiger partial charge on any atom is 0.0711 e. The summed E-state index contributed by atoms with van der Waals surface area (Å²) < 4.78 is 0. The van der Waals surface area contributed by atoms with Gasteiger partial charge >= 0.3 is 0 Å². The molecule has 0 aliphatic carbocycles. The summed E-state index contributed by atoms with van der Waals surface area (Å²) in [5.41, 5.74) is 7.00. The number of hydrogen-bond donors (Lipinski definition) is 0. The normalized spacial score (nSPS) is 10.4. The molecule has 0 aliphatic heterocycles. The van der Waals surface area contributed by atoms with Crippen molar-refractivity contribution in [3.05, 3.63) is 84.6 Å². The number of aromatic nitrogens is 1. The number of pyridine rings is 1. The van der Waals surface area contributed by atoms with Crippen LogP contribution in [0.5, 0.6) is 0 Å². The Morgan fingerprint density at radius 3 is 2.41 bits per heavy atom. The van der Waals surface area contributed by atoms with E-state index in [4.69, 9.17) is 4.98 Å². The van der Waals surface area contributed by atoms with Crippen LogP contribution < -0.4 is 0 Å². The highest BCUT2D eigenvalue weighted by molar-refractivity contribution is 5.75. The Morgan fingerprint density at radius 2 is 1.68 bits per heavy atom. The molecule has 0 spiro atoms. The molecule has 3 rings (SSSR count). The van der Waals surface area contributed by atoms with E-state index in [1.165, 1.54) is 16.7 Å². The van der Waals surface area contributed by atoms with E-state index >= 15 is 0 Å². The molecule has 22 heavy (non-hydrogen) atoms. The van der Waals surface area contributed by atoms with E-state index < -0.39 is 0 Å². The molecular weight excluding hydrogens is 266 g/mol. The molecule has 1 heterocycles. The summed E-state index contributed by atoms with van der Waals surface area (Å²) in [7, 11) is 0. The van der Waals surface area contributed by atoms with Gasteiger partial charge in [0.15, 0.2) is 0 Å². The van der Waals surface area contributed by atoms with Gasteiger partial charge in [-0.3, -0.25) is 4.98 Å². The molecule has 1 heteroatoms. The topological polar surface area (TPSA) is 12.9 Å². The van der Waals surface area contributed by atoms with Crippen molar-refractivity contribution in [3.8, 4) is 22.4 Å². The summed E-state index contributed by atoms with van der Waals surface area (Å²) in [6.07, 6.45) is 4.85. The Kier molecular flexibility index (Phi) is 4.15. The first-order valence-electron chi connectivity index (χ1n) is 7.59. The monoisotopic (exact) mass is 285 g/mol. The van der Waals surface area contributed by atoms with E-state index in [9.17, 15) is 0 Å². The molecule has 0 unspecified atom stereocenters. The molecule has 0 bridgehead atoms. The summed E-state index contributed by atoms with van der Waals surface area (Å²) in [5.74, 6) is 0. The van der Waals surface area contributed by atoms with Gasteiger partial charge < -0.3 is 0 Å². The van der Waals surface area contributed by atoms with Crippen LogP contribution >= 0.6 is 0 Å². The Hall–Kier alpha value is -2.67. The lowest BCUT2D eigenvalue weighted by atomic mass is 9.96. The number of rotatable bonds is 4. The smallest absolute Gasteiger partial charge is 0.0711 e. The van der Waals surface area contributed by atoms with Gasteiger partial charge in [0.2, 0.25) is 0 Å². The molecule has 2 aromatic carbocycles. The third-order valence-electron chi connectivity index (χ3n) is 3.91. The van der Waals surface area contributed by atoms with E-state index in [0.29, 0.717) is 0 Å². The standard InChI is InChI=1S/C21H19N/c1-3-16-10-8-9-13-19(16)21-14-17(4-2)20(15-22-21)18-11-6-5-7-12-18/h3,5-15H,1,4H2,2H3. The molecule has 1 aromatic heterocycles. The van der Waals surface area contributed by atoms with Crippen molar-refractivity contribution in [2.45, 2.75) is 13.3 Å². The molecule has 1 nitrogen and oxygen atoms in total. The molecule has 0 N–H and O–H groups in total. The van der Waals surface area contributed by atoms with Gasteiger partial charge in [0.25, 0.3) is 0 Å². The number of aryl methyl sites for hydroxylation is 1. The van der Waals surface area contributed by atoms with Crippen LogP contribution in [0.3, 0.4) is 0 Å². The van der Waals surface area contributed by atoms with Gasteiger partial charge in [0.1, 0.15) is 0 Å². The Morgan fingerprint density at radius 1 is 0.955 bits per heavy atom. The number of nitrogens with zero attached hydrogens (tertiary/aromatic N) is 1. The van der Waals surface area contributed by atoms with Crippen molar-refractivity contribution < 1.29 is 0 Å². The zero-order chi connectivity index (χ0) is 15.4. The summed E-state index contributed by atoms with van der Waals surface area (Å²) >= 11 is 0. The van der Waals surface area contributed by atoms with Crippen LogP contribution in [-0.2, 0) is 6.42 Å². The maximum absolute atomic E-state index is 4.69. The van der Waals surface area contributed by atoms with E-state index in [2.05, 4.69) is 56.0 Å². The van der Waals surface area contributed by atoms with Gasteiger partial charge in [-0.25, -0.2) is 0 Å². The first-order chi connectivity index (χ1) is 10.8. The highest BCUT2D eigenvalue weighted by Crippen LogP contribution is 2.29. The molecule has 0 amide bonds. The molecule has 0 fully saturated rings. The van der Waals surface area contributed by atoms with Crippen molar-refractivity contribution in [2.75, 3.05) is 0 Å². The van der Waals surface area contributed by atoms with Gasteiger partial charge in [-0.1, -0.05) is 74.2 Å². The molecule has 0 saturated carbocycles. The van der Waals surface area contributed by atoms with Crippen molar-refractivity contribution >= 4 is 6.08 Å². The summed E-state index contributed by atoms with van der Waals surface area (Å²) in [6.45, 7) is 6.08. The van der Waals surface area contributed by atoms with Crippen LogP contribution in [0.4, 0.5) is 0 Å². The van der Waals surface area contributed by atoms with Crippen molar-refractivity contribution in [2.24, 2.45) is 0 Å². The van der Waals surface area contributed by atoms with Crippen LogP contribution in [0.1, 0.15) is 18.1 Å². The second-order valence-electron chi connectivity index (χ2n) is 5.24. The fraction of sp³-hybridized carbons (Fsp3) is 0.0952. The Labute approximate surface area is 132 Å². The van der Waals surface area contributed by atoms with E-state index in [-0.39, 0.29) is 0 Å². The van der Waals surface area contributed by atoms with Gasteiger partial charge in [0.05, 0.1) is 5.69 Å². The van der Waals surface area contributed by atoms with Gasteiger partial charge in [0, 0.05) is 17.3 Å². The second-order valence-corrected chi connectivity index (χ2v) is 5.24. The van der Waals surface area contributed by atoms with E-state index in [1.54, 1.807) is 0 Å². The SMILES string of the molecule is C=Cc1ccccc1-c1cc(CC)c(-c2ccccc2)cn1. The third kappa shape index (κ3) is 2.71. The minimum Gasteiger partial charge on any atom is -0.256 e. The predicted molar refractivity (Wildman–Crippen MR) is 94.6 cm³/mol. The molecule has 108 valence electrons. The largest absolute Gasteiger partial charge is 0.256 e. The lowest BCUT2D eigenvalue weighted by Gasteiger charge is -2.11. The lowest BCUT2D eigenvalue weighted by molar-refractivity contribution is 1.12. The fourth-order valence-electron chi connectivity index (χ4n) is 2.72. The van der Waals surface area contributed by atoms with Crippen molar-refractivity contribution in [3.63, 3.8) is 0 Å². The molecule has 0 atom stereocenters. The van der Waals surface area contributed by atoms with Crippen LogP contribution in [0.2, 0.25) is 0 Å². The predicted octanol–water partition coefficient (Wildman–Crippen LogP) is 5.62. The second kappa shape index (κ2) is 6.40. The highest BCUT2D eigenvalue weighted by atomic mass is 14.7. The quantitative estimate of drug-likeness (QED) is 0.606. The lowest BCUT2D eigenvalue weighted by Crippen LogP contribution is -1.94. The van der Waals surface area contributed by atoms with Crippen molar-refractivity contribution in [1.29, 1.82) is 0 Å². The van der Waals surface area contributed by atoms with Crippen LogP contribution in [0, 0.1) is 0 Å². The Balaban J connectivity index is 2.11. The first-order valence-corrected chi connectivity index (χ1v) is 7.59. The van der Waals surface area contributed by atoms with Crippen molar-refractivity contribution in [1.82, 2.24) is 4.98 Å². The van der Waals surface area contributed by atoms with Gasteiger partial charge in [-0.15, -0.1) is 0 Å². The first kappa shape index (κ1) is 14.3. The molecule has 0 radical (unpaired) electrons.